The van der Waals surface area contributed by atoms with Crippen molar-refractivity contribution in [3.63, 3.8) is 0 Å². The summed E-state index contributed by atoms with van der Waals surface area (Å²) < 4.78 is 17.4. The molecular formula is C25H22N2O6. The largest absolute Gasteiger partial charge is 0.463 e. The number of rotatable bonds is 6. The fourth-order valence-electron chi connectivity index (χ4n) is 3.51. The average molecular weight is 446 g/mol. The molecule has 2 heterocycles. The number of para-hydroxylation sites is 1. The van der Waals surface area contributed by atoms with Crippen LogP contribution in [0.25, 0.3) is 27.9 Å². The number of esters is 2. The van der Waals surface area contributed by atoms with Crippen LogP contribution < -0.4 is 5.43 Å². The molecule has 168 valence electrons. The first-order valence-corrected chi connectivity index (χ1v) is 10.5. The molecule has 2 aromatic heterocycles. The minimum atomic E-state index is -0.790. The third-order valence-electron chi connectivity index (χ3n) is 5.05. The highest BCUT2D eigenvalue weighted by atomic mass is 16.5. The van der Waals surface area contributed by atoms with Gasteiger partial charge in [-0.1, -0.05) is 29.8 Å². The molecule has 0 bridgehead atoms. The molecule has 0 amide bonds. The fourth-order valence-corrected chi connectivity index (χ4v) is 3.51. The number of hydrogen-bond donors (Lipinski definition) is 0. The van der Waals surface area contributed by atoms with Gasteiger partial charge in [0.25, 0.3) is 0 Å². The molecule has 4 rings (SSSR count). The predicted octanol–water partition coefficient (Wildman–Crippen LogP) is 4.31. The highest BCUT2D eigenvalue weighted by molar-refractivity contribution is 6.07. The zero-order chi connectivity index (χ0) is 23.5. The minimum absolute atomic E-state index is 0.0171. The van der Waals surface area contributed by atoms with Crippen LogP contribution in [-0.4, -0.2) is 34.9 Å². The molecule has 0 aliphatic heterocycles. The first-order chi connectivity index (χ1) is 16.0. The van der Waals surface area contributed by atoms with E-state index in [9.17, 15) is 14.4 Å². The minimum Gasteiger partial charge on any atom is -0.463 e. The molecule has 0 spiro atoms. The molecule has 0 radical (unpaired) electrons. The summed E-state index contributed by atoms with van der Waals surface area (Å²) in [6.45, 7) is 5.40. The molecule has 33 heavy (non-hydrogen) atoms. The molecule has 0 saturated carbocycles. The summed E-state index contributed by atoms with van der Waals surface area (Å²) in [5.41, 5.74) is 1.28. The van der Waals surface area contributed by atoms with Crippen LogP contribution in [0.4, 0.5) is 0 Å². The molecule has 0 atom stereocenters. The zero-order valence-corrected chi connectivity index (χ0v) is 18.5. The van der Waals surface area contributed by atoms with Gasteiger partial charge in [0, 0.05) is 0 Å². The Morgan fingerprint density at radius 3 is 2.33 bits per heavy atom. The standard InChI is InChI=1S/C25H22N2O6/c1-4-31-24(29)20-21(18-14-33-19-9-7-6-8-17(19)23(18)28)26-27(22(20)25(30)32-5-2)16-12-10-15(3)11-13-16/h6-14H,4-5H2,1-3H3. The number of aromatic nitrogens is 2. The van der Waals surface area contributed by atoms with Gasteiger partial charge in [-0.25, -0.2) is 14.3 Å². The molecule has 4 aromatic rings. The maximum Gasteiger partial charge on any atom is 0.357 e. The first-order valence-electron chi connectivity index (χ1n) is 10.5. The molecule has 0 N–H and O–H groups in total. The second-order valence-corrected chi connectivity index (χ2v) is 7.24. The van der Waals surface area contributed by atoms with Crippen LogP contribution in [0.2, 0.25) is 0 Å². The molecule has 8 heteroatoms. The average Bonchev–Trinajstić information content (AvgIpc) is 3.21. The van der Waals surface area contributed by atoms with Gasteiger partial charge in [-0.15, -0.1) is 0 Å². The maximum atomic E-state index is 13.3. The lowest BCUT2D eigenvalue weighted by molar-refractivity contribution is 0.0473. The van der Waals surface area contributed by atoms with Crippen molar-refractivity contribution >= 4 is 22.9 Å². The van der Waals surface area contributed by atoms with Crippen LogP contribution in [0, 0.1) is 6.92 Å². The van der Waals surface area contributed by atoms with Crippen LogP contribution in [0.1, 0.15) is 40.3 Å². The van der Waals surface area contributed by atoms with E-state index in [1.54, 1.807) is 50.2 Å². The van der Waals surface area contributed by atoms with Crippen LogP contribution in [0.3, 0.4) is 0 Å². The summed E-state index contributed by atoms with van der Waals surface area (Å²) in [5, 5.41) is 4.84. The van der Waals surface area contributed by atoms with Gasteiger partial charge in [0.1, 0.15) is 23.1 Å². The third kappa shape index (κ3) is 4.03. The summed E-state index contributed by atoms with van der Waals surface area (Å²) in [7, 11) is 0. The quantitative estimate of drug-likeness (QED) is 0.407. The SMILES string of the molecule is CCOC(=O)c1c(-c2coc3ccccc3c2=O)nn(-c2ccc(C)cc2)c1C(=O)OCC. The van der Waals surface area contributed by atoms with Crippen LogP contribution in [-0.2, 0) is 9.47 Å². The Morgan fingerprint density at radius 1 is 0.970 bits per heavy atom. The molecule has 2 aromatic carbocycles. The van der Waals surface area contributed by atoms with Gasteiger partial charge in [0.15, 0.2) is 5.69 Å². The number of carbonyl (C=O) groups is 2. The van der Waals surface area contributed by atoms with E-state index in [0.717, 1.165) is 5.56 Å². The van der Waals surface area contributed by atoms with E-state index in [2.05, 4.69) is 5.10 Å². The van der Waals surface area contributed by atoms with E-state index in [1.165, 1.54) is 10.9 Å². The highest BCUT2D eigenvalue weighted by Gasteiger charge is 2.33. The van der Waals surface area contributed by atoms with Gasteiger partial charge in [-0.2, -0.15) is 5.10 Å². The summed E-state index contributed by atoms with van der Waals surface area (Å²) in [6, 6.07) is 14.0. The van der Waals surface area contributed by atoms with Crippen molar-refractivity contribution in [3.8, 4) is 16.9 Å². The number of ether oxygens (including phenoxy) is 2. The smallest absolute Gasteiger partial charge is 0.357 e. The summed E-state index contributed by atoms with van der Waals surface area (Å²) in [5.74, 6) is -1.55. The van der Waals surface area contributed by atoms with E-state index in [-0.39, 0.29) is 41.2 Å². The number of benzene rings is 2. The zero-order valence-electron chi connectivity index (χ0n) is 18.5. The summed E-state index contributed by atoms with van der Waals surface area (Å²) in [4.78, 5) is 39.3. The van der Waals surface area contributed by atoms with Gasteiger partial charge in [0.2, 0.25) is 5.43 Å². The van der Waals surface area contributed by atoms with E-state index in [0.29, 0.717) is 16.7 Å². The number of hydrogen-bond acceptors (Lipinski definition) is 7. The fraction of sp³-hybridized carbons (Fsp3) is 0.200. The predicted molar refractivity (Wildman–Crippen MR) is 122 cm³/mol. The summed E-state index contributed by atoms with van der Waals surface area (Å²) >= 11 is 0. The topological polar surface area (TPSA) is 101 Å². The van der Waals surface area contributed by atoms with Gasteiger partial charge in [0.05, 0.1) is 29.9 Å². The lowest BCUT2D eigenvalue weighted by Crippen LogP contribution is -2.17. The molecule has 0 fully saturated rings. The normalized spacial score (nSPS) is 10.9. The second-order valence-electron chi connectivity index (χ2n) is 7.24. The molecule has 0 aliphatic carbocycles. The Bertz CT molecular complexity index is 1400. The number of aryl methyl sites for hydroxylation is 1. The van der Waals surface area contributed by atoms with Gasteiger partial charge >= 0.3 is 11.9 Å². The molecule has 0 saturated heterocycles. The molecule has 8 nitrogen and oxygen atoms in total. The Kier molecular flexibility index (Phi) is 6.08. The van der Waals surface area contributed by atoms with E-state index in [1.807, 2.05) is 19.1 Å². The van der Waals surface area contributed by atoms with E-state index >= 15 is 0 Å². The lowest BCUT2D eigenvalue weighted by Gasteiger charge is -2.09. The van der Waals surface area contributed by atoms with Crippen molar-refractivity contribution in [3.05, 3.63) is 81.8 Å². The Hall–Kier alpha value is -4.20. The van der Waals surface area contributed by atoms with Crippen molar-refractivity contribution in [1.82, 2.24) is 9.78 Å². The highest BCUT2D eigenvalue weighted by Crippen LogP contribution is 2.29. The van der Waals surface area contributed by atoms with Crippen molar-refractivity contribution < 1.29 is 23.5 Å². The number of fused-ring (bicyclic) bond motifs is 1. The number of carbonyl (C=O) groups excluding carboxylic acids is 2. The Balaban J connectivity index is 2.06. The van der Waals surface area contributed by atoms with Gasteiger partial charge in [-0.3, -0.25) is 4.79 Å². The monoisotopic (exact) mass is 446 g/mol. The Morgan fingerprint density at radius 2 is 1.64 bits per heavy atom. The van der Waals surface area contributed by atoms with Crippen molar-refractivity contribution in [2.75, 3.05) is 13.2 Å². The summed E-state index contributed by atoms with van der Waals surface area (Å²) in [6.07, 6.45) is 1.24. The maximum absolute atomic E-state index is 13.3. The first kappa shape index (κ1) is 22.0. The van der Waals surface area contributed by atoms with Gasteiger partial charge < -0.3 is 13.9 Å². The second kappa shape index (κ2) is 9.12. The Labute approximate surface area is 189 Å². The van der Waals surface area contributed by atoms with E-state index < -0.39 is 11.9 Å². The van der Waals surface area contributed by atoms with Crippen LogP contribution in [0.5, 0.6) is 0 Å². The molecule has 0 aliphatic rings. The van der Waals surface area contributed by atoms with Gasteiger partial charge in [-0.05, 0) is 45.0 Å². The van der Waals surface area contributed by atoms with Crippen molar-refractivity contribution in [2.45, 2.75) is 20.8 Å². The van der Waals surface area contributed by atoms with Crippen molar-refractivity contribution in [2.24, 2.45) is 0 Å². The number of nitrogens with zero attached hydrogens (tertiary/aromatic N) is 2. The van der Waals surface area contributed by atoms with Crippen LogP contribution in [0.15, 0.2) is 64.0 Å². The lowest BCUT2D eigenvalue weighted by atomic mass is 10.1. The van der Waals surface area contributed by atoms with Crippen LogP contribution >= 0.6 is 0 Å². The third-order valence-corrected chi connectivity index (χ3v) is 5.05. The van der Waals surface area contributed by atoms with E-state index in [4.69, 9.17) is 13.9 Å². The van der Waals surface area contributed by atoms with Crippen molar-refractivity contribution in [1.29, 1.82) is 0 Å². The molecular weight excluding hydrogens is 424 g/mol. The molecule has 0 unspecified atom stereocenters.